The molecule has 0 saturated carbocycles. The molecule has 0 spiro atoms. The Morgan fingerprint density at radius 1 is 1.33 bits per heavy atom. The number of hydrogen-bond acceptors (Lipinski definition) is 5. The third-order valence-electron chi connectivity index (χ3n) is 2.68. The minimum atomic E-state index is -4.91. The molecule has 8 heteroatoms. The zero-order valence-corrected chi connectivity index (χ0v) is 11.0. The Morgan fingerprint density at radius 2 is 2.05 bits per heavy atom. The van der Waals surface area contributed by atoms with Gasteiger partial charge in [0, 0.05) is 12.0 Å². The average Bonchev–Trinajstić information content (AvgIpc) is 2.85. The summed E-state index contributed by atoms with van der Waals surface area (Å²) in [5.41, 5.74) is 0.759. The van der Waals surface area contributed by atoms with Gasteiger partial charge >= 0.3 is 6.18 Å². The number of ketones is 1. The second-order valence-corrected chi connectivity index (χ2v) is 4.19. The van der Waals surface area contributed by atoms with Crippen LogP contribution in [-0.4, -0.2) is 29.2 Å². The second-order valence-electron chi connectivity index (χ2n) is 4.19. The highest BCUT2D eigenvalue weighted by Gasteiger charge is 2.39. The number of benzene rings is 1. The number of ether oxygens (including phenoxy) is 1. The topological polar surface area (TPSA) is 65.2 Å². The summed E-state index contributed by atoms with van der Waals surface area (Å²) >= 11 is 0. The van der Waals surface area contributed by atoms with E-state index in [0.717, 1.165) is 5.56 Å². The molecule has 0 radical (unpaired) electrons. The van der Waals surface area contributed by atoms with E-state index >= 15 is 0 Å². The van der Waals surface area contributed by atoms with E-state index in [-0.39, 0.29) is 18.1 Å². The Bertz CT molecular complexity index is 638. The summed E-state index contributed by atoms with van der Waals surface area (Å²) in [6, 6.07) is 7.08. The van der Waals surface area contributed by atoms with Gasteiger partial charge in [0.2, 0.25) is 11.7 Å². The van der Waals surface area contributed by atoms with E-state index in [1.165, 1.54) is 7.11 Å². The van der Waals surface area contributed by atoms with Crippen LogP contribution in [0, 0.1) is 0 Å². The molecule has 0 bridgehead atoms. The van der Waals surface area contributed by atoms with Crippen LogP contribution in [0.3, 0.4) is 0 Å². The zero-order valence-electron chi connectivity index (χ0n) is 11.0. The fourth-order valence-corrected chi connectivity index (χ4v) is 1.69. The maximum atomic E-state index is 12.1. The lowest BCUT2D eigenvalue weighted by Crippen LogP contribution is -2.24. The monoisotopic (exact) mass is 300 g/mol. The van der Waals surface area contributed by atoms with Crippen LogP contribution in [0.5, 0.6) is 5.75 Å². The average molecular weight is 300 g/mol. The molecule has 0 amide bonds. The number of Topliss-reactive ketones (excluding diaryl/α,β-unsaturated/α-hetero) is 1. The molecule has 2 aromatic rings. The van der Waals surface area contributed by atoms with Crippen molar-refractivity contribution in [3.63, 3.8) is 0 Å². The van der Waals surface area contributed by atoms with Crippen molar-refractivity contribution < 1.29 is 27.2 Å². The van der Waals surface area contributed by atoms with Crippen molar-refractivity contribution in [1.82, 2.24) is 10.1 Å². The number of methoxy groups -OCH3 is 1. The van der Waals surface area contributed by atoms with Crippen molar-refractivity contribution in [2.45, 2.75) is 19.0 Å². The first-order chi connectivity index (χ1) is 9.90. The lowest BCUT2D eigenvalue weighted by atomic mass is 10.1. The van der Waals surface area contributed by atoms with Crippen LogP contribution in [0.4, 0.5) is 13.2 Å². The van der Waals surface area contributed by atoms with Gasteiger partial charge in [-0.3, -0.25) is 4.79 Å². The molecule has 112 valence electrons. The number of para-hydroxylation sites is 1. The molecule has 0 atom stereocenters. The van der Waals surface area contributed by atoms with E-state index in [4.69, 9.17) is 4.74 Å². The molecule has 0 N–H and O–H groups in total. The zero-order chi connectivity index (χ0) is 15.5. The van der Waals surface area contributed by atoms with Gasteiger partial charge in [-0.05, 0) is 6.07 Å². The summed E-state index contributed by atoms with van der Waals surface area (Å²) in [5.74, 6) is -1.49. The molecule has 0 fully saturated rings. The highest BCUT2D eigenvalue weighted by molar-refractivity contribution is 5.85. The number of halogens is 3. The summed E-state index contributed by atoms with van der Waals surface area (Å²) in [4.78, 5) is 14.6. The van der Waals surface area contributed by atoms with Gasteiger partial charge in [-0.2, -0.15) is 18.2 Å². The molecule has 0 saturated heterocycles. The maximum absolute atomic E-state index is 12.1. The summed E-state index contributed by atoms with van der Waals surface area (Å²) in [6.45, 7) is 0. The van der Waals surface area contributed by atoms with E-state index in [1.807, 2.05) is 0 Å². The second kappa shape index (κ2) is 5.94. The number of rotatable bonds is 5. The highest BCUT2D eigenvalue weighted by atomic mass is 19.4. The lowest BCUT2D eigenvalue weighted by molar-refractivity contribution is -0.170. The Hall–Kier alpha value is -2.38. The Morgan fingerprint density at radius 3 is 2.71 bits per heavy atom. The first-order valence-electron chi connectivity index (χ1n) is 5.93. The normalized spacial score (nSPS) is 11.4. The molecule has 0 aliphatic carbocycles. The number of hydrogen-bond donors (Lipinski definition) is 0. The van der Waals surface area contributed by atoms with E-state index in [0.29, 0.717) is 5.75 Å². The van der Waals surface area contributed by atoms with Gasteiger partial charge in [-0.25, -0.2) is 0 Å². The Balaban J connectivity index is 2.08. The van der Waals surface area contributed by atoms with Gasteiger partial charge in [-0.15, -0.1) is 0 Å². The van der Waals surface area contributed by atoms with E-state index in [2.05, 4.69) is 14.7 Å². The van der Waals surface area contributed by atoms with Gasteiger partial charge < -0.3 is 9.26 Å². The molecule has 5 nitrogen and oxygen atoms in total. The number of alkyl halides is 3. The van der Waals surface area contributed by atoms with Crippen LogP contribution in [0.15, 0.2) is 28.8 Å². The molecular formula is C13H11F3N2O3. The van der Waals surface area contributed by atoms with E-state index in [9.17, 15) is 18.0 Å². The molecule has 0 aliphatic heterocycles. The van der Waals surface area contributed by atoms with Crippen molar-refractivity contribution in [3.8, 4) is 5.75 Å². The minimum absolute atomic E-state index is 0.185. The van der Waals surface area contributed by atoms with Crippen LogP contribution in [0.1, 0.15) is 17.3 Å². The van der Waals surface area contributed by atoms with Gasteiger partial charge in [0.15, 0.2) is 5.82 Å². The van der Waals surface area contributed by atoms with Crippen LogP contribution in [0.2, 0.25) is 0 Å². The number of aromatic nitrogens is 2. The number of carbonyl (C=O) groups is 1. The quantitative estimate of drug-likeness (QED) is 0.848. The maximum Gasteiger partial charge on any atom is 0.450 e. The molecule has 0 unspecified atom stereocenters. The van der Waals surface area contributed by atoms with Gasteiger partial charge in [0.1, 0.15) is 5.75 Å². The van der Waals surface area contributed by atoms with Gasteiger partial charge in [0.25, 0.3) is 0 Å². The van der Waals surface area contributed by atoms with Crippen LogP contribution < -0.4 is 4.74 Å². The highest BCUT2D eigenvalue weighted by Crippen LogP contribution is 2.21. The van der Waals surface area contributed by atoms with Gasteiger partial charge in [0.05, 0.1) is 13.5 Å². The fraction of sp³-hybridized carbons (Fsp3) is 0.308. The summed E-state index contributed by atoms with van der Waals surface area (Å²) < 4.78 is 46.2. The molecule has 1 aromatic carbocycles. The summed E-state index contributed by atoms with van der Waals surface area (Å²) in [6.07, 6.45) is -5.63. The molecule has 21 heavy (non-hydrogen) atoms. The SMILES string of the molecule is COc1ccccc1Cc1noc(CC(=O)C(F)(F)F)n1. The third kappa shape index (κ3) is 3.80. The van der Waals surface area contributed by atoms with Crippen LogP contribution >= 0.6 is 0 Å². The van der Waals surface area contributed by atoms with E-state index in [1.54, 1.807) is 24.3 Å². The van der Waals surface area contributed by atoms with Crippen LogP contribution in [-0.2, 0) is 17.6 Å². The summed E-state index contributed by atoms with van der Waals surface area (Å²) in [5, 5.41) is 3.56. The predicted molar refractivity (Wildman–Crippen MR) is 64.9 cm³/mol. The largest absolute Gasteiger partial charge is 0.496 e. The third-order valence-corrected chi connectivity index (χ3v) is 2.68. The molecular weight excluding hydrogens is 289 g/mol. The van der Waals surface area contributed by atoms with Gasteiger partial charge in [-0.1, -0.05) is 23.4 Å². The smallest absolute Gasteiger partial charge is 0.450 e. The van der Waals surface area contributed by atoms with Crippen molar-refractivity contribution in [3.05, 3.63) is 41.5 Å². The first kappa shape index (κ1) is 15.0. The van der Waals surface area contributed by atoms with E-state index < -0.39 is 18.4 Å². The molecule has 0 aliphatic rings. The standard InChI is InChI=1S/C13H11F3N2O3/c1-20-9-5-3-2-4-8(9)6-11-17-12(21-18-11)7-10(19)13(14,15)16/h2-5H,6-7H2,1H3. The Labute approximate surface area is 117 Å². The van der Waals surface area contributed by atoms with Crippen molar-refractivity contribution in [1.29, 1.82) is 0 Å². The number of nitrogens with zero attached hydrogens (tertiary/aromatic N) is 2. The Kier molecular flexibility index (Phi) is 4.25. The molecule has 1 heterocycles. The lowest BCUT2D eigenvalue weighted by Gasteiger charge is -2.05. The summed E-state index contributed by atoms with van der Waals surface area (Å²) in [7, 11) is 1.50. The fourth-order valence-electron chi connectivity index (χ4n) is 1.69. The van der Waals surface area contributed by atoms with Crippen LogP contribution in [0.25, 0.3) is 0 Å². The van der Waals surface area contributed by atoms with Crippen molar-refractivity contribution in [2.75, 3.05) is 7.11 Å². The molecule has 2 rings (SSSR count). The molecule has 1 aromatic heterocycles. The van der Waals surface area contributed by atoms with Crippen molar-refractivity contribution >= 4 is 5.78 Å². The van der Waals surface area contributed by atoms with Crippen molar-refractivity contribution in [2.24, 2.45) is 0 Å². The minimum Gasteiger partial charge on any atom is -0.496 e. The first-order valence-corrected chi connectivity index (χ1v) is 5.93. The number of carbonyl (C=O) groups excluding carboxylic acids is 1. The predicted octanol–water partition coefficient (Wildman–Crippen LogP) is 2.34.